The van der Waals surface area contributed by atoms with Crippen molar-refractivity contribution in [3.8, 4) is 0 Å². The molecular formula is C15H19N3. The minimum atomic E-state index is 0.150. The Labute approximate surface area is 107 Å². The van der Waals surface area contributed by atoms with Gasteiger partial charge in [0.05, 0.1) is 11.0 Å². The Hall–Kier alpha value is -1.48. The number of benzene rings is 1. The van der Waals surface area contributed by atoms with E-state index in [1.165, 1.54) is 37.7 Å². The molecule has 1 saturated carbocycles. The normalized spacial score (nSPS) is 18.9. The zero-order chi connectivity index (χ0) is 12.4. The summed E-state index contributed by atoms with van der Waals surface area (Å²) < 4.78 is 0. The molecule has 3 heteroatoms. The quantitative estimate of drug-likeness (QED) is 0.878. The highest BCUT2D eigenvalue weighted by atomic mass is 14.8. The lowest BCUT2D eigenvalue weighted by Gasteiger charge is -2.27. The molecule has 18 heavy (non-hydrogen) atoms. The van der Waals surface area contributed by atoms with Gasteiger partial charge in [-0.1, -0.05) is 25.3 Å². The molecule has 1 aromatic heterocycles. The maximum Gasteiger partial charge on any atom is 0.0890 e. The third-order valence-electron chi connectivity index (χ3n) is 4.04. The molecule has 3 rings (SSSR count). The topological polar surface area (TPSA) is 51.8 Å². The maximum absolute atomic E-state index is 6.41. The Bertz CT molecular complexity index is 532. The number of rotatable bonds is 2. The van der Waals surface area contributed by atoms with Gasteiger partial charge in [0.25, 0.3) is 0 Å². The van der Waals surface area contributed by atoms with Gasteiger partial charge in [0.2, 0.25) is 0 Å². The van der Waals surface area contributed by atoms with Crippen LogP contribution in [0.4, 0.5) is 0 Å². The molecule has 0 saturated heterocycles. The maximum atomic E-state index is 6.41. The molecule has 94 valence electrons. The monoisotopic (exact) mass is 241 g/mol. The van der Waals surface area contributed by atoms with Crippen molar-refractivity contribution in [2.24, 2.45) is 11.7 Å². The third-order valence-corrected chi connectivity index (χ3v) is 4.04. The lowest BCUT2D eigenvalue weighted by molar-refractivity contribution is 0.308. The molecule has 3 nitrogen and oxygen atoms in total. The van der Waals surface area contributed by atoms with Crippen molar-refractivity contribution in [1.29, 1.82) is 0 Å². The van der Waals surface area contributed by atoms with Gasteiger partial charge in [0, 0.05) is 18.4 Å². The summed E-state index contributed by atoms with van der Waals surface area (Å²) in [7, 11) is 0. The van der Waals surface area contributed by atoms with Gasteiger partial charge in [-0.05, 0) is 36.5 Å². The first-order valence-electron chi connectivity index (χ1n) is 6.81. The molecule has 0 bridgehead atoms. The molecule has 1 heterocycles. The van der Waals surface area contributed by atoms with Gasteiger partial charge in [-0.2, -0.15) is 0 Å². The van der Waals surface area contributed by atoms with E-state index >= 15 is 0 Å². The van der Waals surface area contributed by atoms with Gasteiger partial charge >= 0.3 is 0 Å². The second kappa shape index (κ2) is 5.02. The zero-order valence-electron chi connectivity index (χ0n) is 10.5. The van der Waals surface area contributed by atoms with Crippen molar-refractivity contribution in [3.05, 3.63) is 36.2 Å². The summed E-state index contributed by atoms with van der Waals surface area (Å²) in [6, 6.07) is 6.38. The van der Waals surface area contributed by atoms with E-state index in [-0.39, 0.29) is 6.04 Å². The Morgan fingerprint density at radius 3 is 2.50 bits per heavy atom. The SMILES string of the molecule is NC(c1ccc2nccnc2c1)C1CCCCC1. The Kier molecular flexibility index (Phi) is 3.24. The summed E-state index contributed by atoms with van der Waals surface area (Å²) in [6.07, 6.45) is 10.0. The highest BCUT2D eigenvalue weighted by Gasteiger charge is 2.21. The van der Waals surface area contributed by atoms with Crippen LogP contribution in [-0.4, -0.2) is 9.97 Å². The lowest BCUT2D eigenvalue weighted by atomic mass is 9.81. The van der Waals surface area contributed by atoms with Crippen LogP contribution in [0.1, 0.15) is 43.7 Å². The van der Waals surface area contributed by atoms with Crippen molar-refractivity contribution >= 4 is 11.0 Å². The van der Waals surface area contributed by atoms with Crippen LogP contribution < -0.4 is 5.73 Å². The van der Waals surface area contributed by atoms with E-state index in [9.17, 15) is 0 Å². The average Bonchev–Trinajstić information content (AvgIpc) is 2.47. The minimum Gasteiger partial charge on any atom is -0.324 e. The standard InChI is InChI=1S/C15H19N3/c16-15(11-4-2-1-3-5-11)12-6-7-13-14(10-12)18-9-8-17-13/h6-11,15H,1-5,16H2. The van der Waals surface area contributed by atoms with Gasteiger partial charge in [-0.3, -0.25) is 9.97 Å². The first-order chi connectivity index (χ1) is 8.84. The summed E-state index contributed by atoms with van der Waals surface area (Å²) in [6.45, 7) is 0. The highest BCUT2D eigenvalue weighted by molar-refractivity contribution is 5.74. The van der Waals surface area contributed by atoms with Crippen LogP contribution in [0, 0.1) is 5.92 Å². The fourth-order valence-electron chi connectivity index (χ4n) is 2.95. The van der Waals surface area contributed by atoms with E-state index in [2.05, 4.69) is 22.1 Å². The molecular weight excluding hydrogens is 222 g/mol. The zero-order valence-corrected chi connectivity index (χ0v) is 10.5. The fourth-order valence-corrected chi connectivity index (χ4v) is 2.95. The Morgan fingerprint density at radius 2 is 1.72 bits per heavy atom. The molecule has 1 aliphatic rings. The molecule has 2 aromatic rings. The molecule has 1 fully saturated rings. The first-order valence-corrected chi connectivity index (χ1v) is 6.81. The van der Waals surface area contributed by atoms with Crippen LogP contribution in [0.5, 0.6) is 0 Å². The Balaban J connectivity index is 1.88. The van der Waals surface area contributed by atoms with Crippen molar-refractivity contribution < 1.29 is 0 Å². The van der Waals surface area contributed by atoms with Crippen LogP contribution >= 0.6 is 0 Å². The molecule has 0 spiro atoms. The highest BCUT2D eigenvalue weighted by Crippen LogP contribution is 2.33. The number of nitrogens with two attached hydrogens (primary N) is 1. The van der Waals surface area contributed by atoms with Crippen molar-refractivity contribution in [1.82, 2.24) is 9.97 Å². The summed E-state index contributed by atoms with van der Waals surface area (Å²) in [5.74, 6) is 0.632. The van der Waals surface area contributed by atoms with E-state index in [0.717, 1.165) is 11.0 Å². The second-order valence-electron chi connectivity index (χ2n) is 5.23. The predicted molar refractivity (Wildman–Crippen MR) is 73.0 cm³/mol. The molecule has 0 aliphatic heterocycles. The van der Waals surface area contributed by atoms with Crippen LogP contribution in [0.2, 0.25) is 0 Å². The van der Waals surface area contributed by atoms with E-state index in [1.807, 2.05) is 6.07 Å². The number of hydrogen-bond donors (Lipinski definition) is 1. The van der Waals surface area contributed by atoms with E-state index < -0.39 is 0 Å². The third kappa shape index (κ3) is 2.23. The molecule has 0 amide bonds. The summed E-state index contributed by atoms with van der Waals surface area (Å²) in [4.78, 5) is 8.64. The predicted octanol–water partition coefficient (Wildman–Crippen LogP) is 3.21. The van der Waals surface area contributed by atoms with Gasteiger partial charge in [0.15, 0.2) is 0 Å². The summed E-state index contributed by atoms with van der Waals surface area (Å²) in [5.41, 5.74) is 9.50. The van der Waals surface area contributed by atoms with Gasteiger partial charge < -0.3 is 5.73 Å². The first kappa shape index (κ1) is 11.6. The largest absolute Gasteiger partial charge is 0.324 e. The van der Waals surface area contributed by atoms with Crippen LogP contribution in [0.3, 0.4) is 0 Å². The van der Waals surface area contributed by atoms with Crippen LogP contribution in [0.15, 0.2) is 30.6 Å². The number of aromatic nitrogens is 2. The molecule has 0 radical (unpaired) electrons. The molecule has 2 N–H and O–H groups in total. The number of nitrogens with zero attached hydrogens (tertiary/aromatic N) is 2. The van der Waals surface area contributed by atoms with Crippen LogP contribution in [-0.2, 0) is 0 Å². The smallest absolute Gasteiger partial charge is 0.0890 e. The van der Waals surface area contributed by atoms with E-state index in [1.54, 1.807) is 12.4 Å². The number of hydrogen-bond acceptors (Lipinski definition) is 3. The average molecular weight is 241 g/mol. The number of fused-ring (bicyclic) bond motifs is 1. The molecule has 1 aromatic carbocycles. The summed E-state index contributed by atoms with van der Waals surface area (Å²) >= 11 is 0. The fraction of sp³-hybridized carbons (Fsp3) is 0.467. The van der Waals surface area contributed by atoms with Crippen LogP contribution in [0.25, 0.3) is 11.0 Å². The molecule has 1 unspecified atom stereocenters. The van der Waals surface area contributed by atoms with Gasteiger partial charge in [-0.25, -0.2) is 0 Å². The van der Waals surface area contributed by atoms with E-state index in [4.69, 9.17) is 5.73 Å². The molecule has 1 atom stereocenters. The van der Waals surface area contributed by atoms with Gasteiger partial charge in [0.1, 0.15) is 0 Å². The van der Waals surface area contributed by atoms with Gasteiger partial charge in [-0.15, -0.1) is 0 Å². The van der Waals surface area contributed by atoms with E-state index in [0.29, 0.717) is 5.92 Å². The van der Waals surface area contributed by atoms with Crippen molar-refractivity contribution in [3.63, 3.8) is 0 Å². The minimum absolute atomic E-state index is 0.150. The van der Waals surface area contributed by atoms with Crippen molar-refractivity contribution in [2.75, 3.05) is 0 Å². The molecule has 1 aliphatic carbocycles. The second-order valence-corrected chi connectivity index (χ2v) is 5.23. The summed E-state index contributed by atoms with van der Waals surface area (Å²) in [5, 5.41) is 0. The Morgan fingerprint density at radius 1 is 1.00 bits per heavy atom. The van der Waals surface area contributed by atoms with Crippen molar-refractivity contribution in [2.45, 2.75) is 38.1 Å². The lowest BCUT2D eigenvalue weighted by Crippen LogP contribution is -2.23.